The second-order valence-electron chi connectivity index (χ2n) is 6.78. The Kier molecular flexibility index (Phi) is 8.30. The predicted octanol–water partition coefficient (Wildman–Crippen LogP) is 3.61. The monoisotopic (exact) mass is 462 g/mol. The molecule has 2 unspecified atom stereocenters. The summed E-state index contributed by atoms with van der Waals surface area (Å²) in [6.45, 7) is 11.1. The highest BCUT2D eigenvalue weighted by molar-refractivity contribution is 14.0. The fourth-order valence-electron chi connectivity index (χ4n) is 3.65. The van der Waals surface area contributed by atoms with Crippen molar-refractivity contribution in [2.24, 2.45) is 4.99 Å². The molecule has 0 radical (unpaired) electrons. The number of nitrogens with one attached hydrogen (secondary N) is 1. The summed E-state index contributed by atoms with van der Waals surface area (Å²) >= 11 is 1.77. The Morgan fingerprint density at radius 1 is 1.38 bits per heavy atom. The van der Waals surface area contributed by atoms with Crippen molar-refractivity contribution >= 4 is 41.3 Å². The molecule has 136 valence electrons. The van der Waals surface area contributed by atoms with Crippen LogP contribution in [0.2, 0.25) is 0 Å². The van der Waals surface area contributed by atoms with E-state index >= 15 is 0 Å². The maximum atomic E-state index is 4.93. The second-order valence-corrected chi connectivity index (χ2v) is 7.56. The molecule has 2 saturated heterocycles. The molecule has 1 aromatic rings. The van der Waals surface area contributed by atoms with Crippen molar-refractivity contribution in [3.8, 4) is 0 Å². The number of thiophene rings is 1. The molecule has 0 amide bonds. The average molecular weight is 462 g/mol. The SMILES string of the molecule is CCNC(=NCC(C)c1ccsc1)N1CCC(N2CCCC2)C1.I. The Morgan fingerprint density at radius 3 is 2.83 bits per heavy atom. The van der Waals surface area contributed by atoms with Crippen molar-refractivity contribution in [1.29, 1.82) is 0 Å². The smallest absolute Gasteiger partial charge is 0.193 e. The second kappa shape index (κ2) is 9.97. The molecule has 6 heteroatoms. The largest absolute Gasteiger partial charge is 0.357 e. The van der Waals surface area contributed by atoms with E-state index in [2.05, 4.69) is 45.8 Å². The first-order valence-corrected chi connectivity index (χ1v) is 10.0. The van der Waals surface area contributed by atoms with Crippen LogP contribution in [-0.4, -0.2) is 61.1 Å². The summed E-state index contributed by atoms with van der Waals surface area (Å²) in [5.41, 5.74) is 1.41. The van der Waals surface area contributed by atoms with Gasteiger partial charge in [0.1, 0.15) is 0 Å². The molecule has 2 aliphatic rings. The number of likely N-dealkylation sites (tertiary alicyclic amines) is 2. The van der Waals surface area contributed by atoms with E-state index in [0.29, 0.717) is 5.92 Å². The van der Waals surface area contributed by atoms with E-state index in [0.717, 1.165) is 38.2 Å². The summed E-state index contributed by atoms with van der Waals surface area (Å²) in [5.74, 6) is 1.60. The first-order valence-electron chi connectivity index (χ1n) is 9.07. The molecule has 2 atom stereocenters. The van der Waals surface area contributed by atoms with Crippen molar-refractivity contribution in [3.63, 3.8) is 0 Å². The molecule has 24 heavy (non-hydrogen) atoms. The molecule has 1 N–H and O–H groups in total. The van der Waals surface area contributed by atoms with Crippen LogP contribution in [0.15, 0.2) is 21.8 Å². The zero-order valence-electron chi connectivity index (χ0n) is 14.9. The lowest BCUT2D eigenvalue weighted by molar-refractivity contribution is 0.249. The first-order chi connectivity index (χ1) is 11.3. The van der Waals surface area contributed by atoms with Crippen molar-refractivity contribution in [2.75, 3.05) is 39.3 Å². The van der Waals surface area contributed by atoms with E-state index in [1.165, 1.54) is 37.9 Å². The van der Waals surface area contributed by atoms with E-state index in [4.69, 9.17) is 4.99 Å². The van der Waals surface area contributed by atoms with Crippen LogP contribution in [0.4, 0.5) is 0 Å². The fourth-order valence-corrected chi connectivity index (χ4v) is 4.43. The molecule has 0 aromatic carbocycles. The highest BCUT2D eigenvalue weighted by Gasteiger charge is 2.30. The Balaban J connectivity index is 0.00000208. The zero-order valence-corrected chi connectivity index (χ0v) is 18.1. The Morgan fingerprint density at radius 2 is 2.17 bits per heavy atom. The lowest BCUT2D eigenvalue weighted by Crippen LogP contribution is -2.42. The number of aliphatic imine (C=N–C) groups is 1. The minimum atomic E-state index is 0. The van der Waals surface area contributed by atoms with Crippen LogP contribution in [0.1, 0.15) is 44.6 Å². The molecule has 0 aliphatic carbocycles. The van der Waals surface area contributed by atoms with Gasteiger partial charge in [0.2, 0.25) is 0 Å². The molecule has 0 bridgehead atoms. The third kappa shape index (κ3) is 5.08. The molecular formula is C18H31IN4S. The molecule has 4 nitrogen and oxygen atoms in total. The van der Waals surface area contributed by atoms with Gasteiger partial charge in [-0.1, -0.05) is 6.92 Å². The summed E-state index contributed by atoms with van der Waals surface area (Å²) < 4.78 is 0. The van der Waals surface area contributed by atoms with Crippen molar-refractivity contribution in [1.82, 2.24) is 15.1 Å². The van der Waals surface area contributed by atoms with Crippen LogP contribution < -0.4 is 5.32 Å². The minimum Gasteiger partial charge on any atom is -0.357 e. The normalized spacial score (nSPS) is 23.3. The summed E-state index contributed by atoms with van der Waals surface area (Å²) in [6.07, 6.45) is 4.04. The van der Waals surface area contributed by atoms with Gasteiger partial charge in [-0.25, -0.2) is 0 Å². The van der Waals surface area contributed by atoms with Crippen LogP contribution >= 0.6 is 35.3 Å². The van der Waals surface area contributed by atoms with E-state index in [-0.39, 0.29) is 24.0 Å². The molecule has 2 aliphatic heterocycles. The van der Waals surface area contributed by atoms with Gasteiger partial charge >= 0.3 is 0 Å². The summed E-state index contributed by atoms with van der Waals surface area (Å²) in [7, 11) is 0. The highest BCUT2D eigenvalue weighted by atomic mass is 127. The lowest BCUT2D eigenvalue weighted by Gasteiger charge is -2.25. The fraction of sp³-hybridized carbons (Fsp3) is 0.722. The van der Waals surface area contributed by atoms with Crippen molar-refractivity contribution in [3.05, 3.63) is 22.4 Å². The Bertz CT molecular complexity index is 499. The maximum absolute atomic E-state index is 4.93. The first kappa shape index (κ1) is 20.0. The van der Waals surface area contributed by atoms with Gasteiger partial charge in [-0.3, -0.25) is 9.89 Å². The standard InChI is InChI=1S/C18H30N4S.HI/c1-3-19-18(20-12-15(2)16-7-11-23-14-16)22-10-6-17(13-22)21-8-4-5-9-21;/h7,11,14-15,17H,3-6,8-10,12-13H2,1-2H3,(H,19,20);1H. The van der Waals surface area contributed by atoms with Gasteiger partial charge in [-0.15, -0.1) is 24.0 Å². The molecule has 2 fully saturated rings. The number of guanidine groups is 1. The maximum Gasteiger partial charge on any atom is 0.193 e. The average Bonchev–Trinajstić information content (AvgIpc) is 3.32. The van der Waals surface area contributed by atoms with E-state index in [1.807, 2.05) is 0 Å². The number of hydrogen-bond acceptors (Lipinski definition) is 3. The summed E-state index contributed by atoms with van der Waals surface area (Å²) in [6, 6.07) is 2.95. The summed E-state index contributed by atoms with van der Waals surface area (Å²) in [5, 5.41) is 7.89. The molecule has 0 spiro atoms. The van der Waals surface area contributed by atoms with Crippen molar-refractivity contribution in [2.45, 2.75) is 45.1 Å². The van der Waals surface area contributed by atoms with Gasteiger partial charge in [0, 0.05) is 38.1 Å². The zero-order chi connectivity index (χ0) is 16.1. The van der Waals surface area contributed by atoms with Crippen LogP contribution in [0.3, 0.4) is 0 Å². The topological polar surface area (TPSA) is 30.9 Å². The molecule has 1 aromatic heterocycles. The van der Waals surface area contributed by atoms with Crippen LogP contribution in [0, 0.1) is 0 Å². The van der Waals surface area contributed by atoms with E-state index in [9.17, 15) is 0 Å². The minimum absolute atomic E-state index is 0. The van der Waals surface area contributed by atoms with E-state index in [1.54, 1.807) is 11.3 Å². The van der Waals surface area contributed by atoms with E-state index < -0.39 is 0 Å². The van der Waals surface area contributed by atoms with Gasteiger partial charge in [0.05, 0.1) is 0 Å². The van der Waals surface area contributed by atoms with Gasteiger partial charge in [-0.05, 0) is 61.7 Å². The third-order valence-electron chi connectivity index (χ3n) is 5.08. The van der Waals surface area contributed by atoms with Crippen LogP contribution in [0.5, 0.6) is 0 Å². The van der Waals surface area contributed by atoms with Crippen LogP contribution in [0.25, 0.3) is 0 Å². The van der Waals surface area contributed by atoms with Gasteiger partial charge in [-0.2, -0.15) is 11.3 Å². The predicted molar refractivity (Wildman–Crippen MR) is 115 cm³/mol. The molecule has 3 heterocycles. The molecular weight excluding hydrogens is 431 g/mol. The molecule has 0 saturated carbocycles. The lowest BCUT2D eigenvalue weighted by atomic mass is 10.1. The third-order valence-corrected chi connectivity index (χ3v) is 5.78. The van der Waals surface area contributed by atoms with Crippen LogP contribution in [-0.2, 0) is 0 Å². The quantitative estimate of drug-likeness (QED) is 0.412. The summed E-state index contributed by atoms with van der Waals surface area (Å²) in [4.78, 5) is 10.1. The highest BCUT2D eigenvalue weighted by Crippen LogP contribution is 2.21. The Labute approximate surface area is 167 Å². The Hall–Kier alpha value is -0.340. The number of rotatable bonds is 5. The number of hydrogen-bond donors (Lipinski definition) is 1. The van der Waals surface area contributed by atoms with Gasteiger partial charge in [0.15, 0.2) is 5.96 Å². The number of halogens is 1. The van der Waals surface area contributed by atoms with Gasteiger partial charge < -0.3 is 10.2 Å². The van der Waals surface area contributed by atoms with Crippen molar-refractivity contribution < 1.29 is 0 Å². The number of nitrogens with zero attached hydrogens (tertiary/aromatic N) is 3. The van der Waals surface area contributed by atoms with Gasteiger partial charge in [0.25, 0.3) is 0 Å². The molecule has 3 rings (SSSR count).